The van der Waals surface area contributed by atoms with E-state index in [1.165, 1.54) is 0 Å². The quantitative estimate of drug-likeness (QED) is 0.711. The maximum atomic E-state index is 12.9. The van der Waals surface area contributed by atoms with Crippen LogP contribution in [0.4, 0.5) is 0 Å². The van der Waals surface area contributed by atoms with Crippen molar-refractivity contribution in [3.05, 3.63) is 77.9 Å². The summed E-state index contributed by atoms with van der Waals surface area (Å²) in [5.41, 5.74) is 2.40. The van der Waals surface area contributed by atoms with Crippen LogP contribution in [0.2, 0.25) is 0 Å². The molecule has 6 nitrogen and oxygen atoms in total. The van der Waals surface area contributed by atoms with E-state index in [4.69, 9.17) is 4.74 Å². The van der Waals surface area contributed by atoms with Crippen molar-refractivity contribution in [1.29, 1.82) is 0 Å². The number of ether oxygens (including phenoxy) is 1. The van der Waals surface area contributed by atoms with Gasteiger partial charge in [-0.3, -0.25) is 14.5 Å². The number of carbonyl (C=O) groups is 1. The highest BCUT2D eigenvalue weighted by Gasteiger charge is 2.30. The van der Waals surface area contributed by atoms with Gasteiger partial charge in [0.15, 0.2) is 0 Å². The zero-order valence-corrected chi connectivity index (χ0v) is 14.6. The molecule has 0 fully saturated rings. The van der Waals surface area contributed by atoms with E-state index in [0.29, 0.717) is 25.4 Å². The minimum absolute atomic E-state index is 0.00827. The zero-order valence-electron chi connectivity index (χ0n) is 14.6. The predicted octanol–water partition coefficient (Wildman–Crippen LogP) is 3.07. The van der Waals surface area contributed by atoms with Crippen LogP contribution < -0.4 is 4.74 Å². The second-order valence-electron chi connectivity index (χ2n) is 6.31. The van der Waals surface area contributed by atoms with Crippen LogP contribution in [0.25, 0.3) is 0 Å². The monoisotopic (exact) mass is 348 g/mol. The molecule has 3 aromatic rings. The van der Waals surface area contributed by atoms with Gasteiger partial charge in [0.2, 0.25) is 0 Å². The Labute approximate surface area is 152 Å². The van der Waals surface area contributed by atoms with Gasteiger partial charge in [0.05, 0.1) is 12.6 Å². The van der Waals surface area contributed by atoms with Gasteiger partial charge in [0.1, 0.15) is 23.7 Å². The fourth-order valence-corrected chi connectivity index (χ4v) is 3.18. The molecule has 1 amide bonds. The van der Waals surface area contributed by atoms with Crippen LogP contribution in [0.1, 0.15) is 34.7 Å². The average molecular weight is 348 g/mol. The van der Waals surface area contributed by atoms with Crippen LogP contribution in [0, 0.1) is 0 Å². The van der Waals surface area contributed by atoms with Crippen LogP contribution in [-0.2, 0) is 13.2 Å². The van der Waals surface area contributed by atoms with Crippen molar-refractivity contribution in [3.63, 3.8) is 0 Å². The standard InChI is InChI=1S/C20H20N4O2/c1-15(16-6-5-9-21-13-16)23-10-11-24-19(20(23)25)12-17(22-24)14-26-18-7-3-2-4-8-18/h2-9,12-13,15H,10-11,14H2,1H3. The van der Waals surface area contributed by atoms with Crippen molar-refractivity contribution in [2.75, 3.05) is 6.54 Å². The zero-order chi connectivity index (χ0) is 17.9. The average Bonchev–Trinajstić information content (AvgIpc) is 3.12. The number of pyridine rings is 1. The Bertz CT molecular complexity index is 893. The summed E-state index contributed by atoms with van der Waals surface area (Å²) in [6, 6.07) is 15.3. The molecule has 132 valence electrons. The van der Waals surface area contributed by atoms with E-state index in [9.17, 15) is 4.79 Å². The third kappa shape index (κ3) is 3.18. The summed E-state index contributed by atoms with van der Waals surface area (Å²) < 4.78 is 7.52. The molecule has 1 unspecified atom stereocenters. The smallest absolute Gasteiger partial charge is 0.272 e. The fraction of sp³-hybridized carbons (Fsp3) is 0.250. The number of rotatable bonds is 5. The topological polar surface area (TPSA) is 60.3 Å². The number of hydrogen-bond donors (Lipinski definition) is 0. The van der Waals surface area contributed by atoms with Crippen LogP contribution in [0.3, 0.4) is 0 Å². The van der Waals surface area contributed by atoms with Gasteiger partial charge in [-0.1, -0.05) is 24.3 Å². The Hall–Kier alpha value is -3.15. The maximum absolute atomic E-state index is 12.9. The van der Waals surface area contributed by atoms with Crippen LogP contribution >= 0.6 is 0 Å². The van der Waals surface area contributed by atoms with Gasteiger partial charge in [0, 0.05) is 18.9 Å². The highest BCUT2D eigenvalue weighted by Crippen LogP contribution is 2.25. The predicted molar refractivity (Wildman–Crippen MR) is 96.7 cm³/mol. The van der Waals surface area contributed by atoms with E-state index in [2.05, 4.69) is 10.1 Å². The van der Waals surface area contributed by atoms with Crippen molar-refractivity contribution < 1.29 is 9.53 Å². The first-order valence-corrected chi connectivity index (χ1v) is 8.68. The summed E-state index contributed by atoms with van der Waals surface area (Å²) in [4.78, 5) is 18.9. The van der Waals surface area contributed by atoms with Crippen molar-refractivity contribution in [3.8, 4) is 5.75 Å². The highest BCUT2D eigenvalue weighted by atomic mass is 16.5. The van der Waals surface area contributed by atoms with Crippen LogP contribution in [0.15, 0.2) is 60.9 Å². The van der Waals surface area contributed by atoms with E-state index >= 15 is 0 Å². The molecule has 1 atom stereocenters. The molecular weight excluding hydrogens is 328 g/mol. The van der Waals surface area contributed by atoms with Crippen molar-refractivity contribution in [1.82, 2.24) is 19.7 Å². The van der Waals surface area contributed by atoms with Gasteiger partial charge >= 0.3 is 0 Å². The summed E-state index contributed by atoms with van der Waals surface area (Å²) in [5.74, 6) is 0.780. The molecule has 6 heteroatoms. The highest BCUT2D eigenvalue weighted by molar-refractivity contribution is 5.93. The molecule has 1 aromatic carbocycles. The molecule has 0 N–H and O–H groups in total. The first-order valence-electron chi connectivity index (χ1n) is 8.68. The van der Waals surface area contributed by atoms with Gasteiger partial charge in [-0.25, -0.2) is 0 Å². The second-order valence-corrected chi connectivity index (χ2v) is 6.31. The summed E-state index contributed by atoms with van der Waals surface area (Å²) >= 11 is 0. The summed E-state index contributed by atoms with van der Waals surface area (Å²) in [6.07, 6.45) is 3.55. The van der Waals surface area contributed by atoms with E-state index < -0.39 is 0 Å². The van der Waals surface area contributed by atoms with Crippen LogP contribution in [0.5, 0.6) is 5.75 Å². The normalized spacial score (nSPS) is 14.8. The molecule has 3 heterocycles. The molecule has 26 heavy (non-hydrogen) atoms. The molecule has 4 rings (SSSR count). The van der Waals surface area contributed by atoms with Gasteiger partial charge in [0.25, 0.3) is 5.91 Å². The molecule has 1 aliphatic rings. The Kier molecular flexibility index (Phi) is 4.39. The van der Waals surface area contributed by atoms with Gasteiger partial charge < -0.3 is 9.64 Å². The van der Waals surface area contributed by atoms with E-state index in [1.807, 2.05) is 66.6 Å². The van der Waals surface area contributed by atoms with Crippen molar-refractivity contribution in [2.45, 2.75) is 26.1 Å². The van der Waals surface area contributed by atoms with Gasteiger partial charge in [-0.2, -0.15) is 5.10 Å². The Balaban J connectivity index is 1.49. The third-order valence-electron chi connectivity index (χ3n) is 4.63. The minimum Gasteiger partial charge on any atom is -0.487 e. The first kappa shape index (κ1) is 16.3. The molecule has 0 spiro atoms. The fourth-order valence-electron chi connectivity index (χ4n) is 3.18. The largest absolute Gasteiger partial charge is 0.487 e. The number of carbonyl (C=O) groups excluding carboxylic acids is 1. The lowest BCUT2D eigenvalue weighted by atomic mass is 10.1. The summed E-state index contributed by atoms with van der Waals surface area (Å²) in [6.45, 7) is 3.68. The summed E-state index contributed by atoms with van der Waals surface area (Å²) in [5, 5.41) is 4.51. The molecule has 0 radical (unpaired) electrons. The lowest BCUT2D eigenvalue weighted by molar-refractivity contribution is 0.0624. The molecule has 0 saturated heterocycles. The number of fused-ring (bicyclic) bond motifs is 1. The Morgan fingerprint density at radius 2 is 2.00 bits per heavy atom. The Morgan fingerprint density at radius 1 is 1.15 bits per heavy atom. The molecular formula is C20H20N4O2. The number of para-hydroxylation sites is 1. The third-order valence-corrected chi connectivity index (χ3v) is 4.63. The molecule has 2 aromatic heterocycles. The molecule has 0 saturated carbocycles. The number of amides is 1. The summed E-state index contributed by atoms with van der Waals surface area (Å²) in [7, 11) is 0. The van der Waals surface area contributed by atoms with E-state index in [1.54, 1.807) is 10.9 Å². The van der Waals surface area contributed by atoms with Crippen molar-refractivity contribution >= 4 is 5.91 Å². The molecule has 1 aliphatic heterocycles. The molecule has 0 bridgehead atoms. The Morgan fingerprint density at radius 3 is 2.77 bits per heavy atom. The van der Waals surface area contributed by atoms with E-state index in [0.717, 1.165) is 17.0 Å². The number of nitrogens with zero attached hydrogens (tertiary/aromatic N) is 4. The first-order chi connectivity index (χ1) is 12.7. The minimum atomic E-state index is -0.0242. The van der Waals surface area contributed by atoms with Crippen molar-refractivity contribution in [2.24, 2.45) is 0 Å². The SMILES string of the molecule is CC(c1cccnc1)N1CCn2nc(COc3ccccc3)cc2C1=O. The van der Waals surface area contributed by atoms with Gasteiger partial charge in [-0.05, 0) is 36.8 Å². The van der Waals surface area contributed by atoms with Gasteiger partial charge in [-0.15, -0.1) is 0 Å². The molecule has 0 aliphatic carbocycles. The number of hydrogen-bond acceptors (Lipinski definition) is 4. The lowest BCUT2D eigenvalue weighted by Crippen LogP contribution is -2.41. The number of aromatic nitrogens is 3. The maximum Gasteiger partial charge on any atom is 0.272 e. The number of benzene rings is 1. The van der Waals surface area contributed by atoms with E-state index in [-0.39, 0.29) is 11.9 Å². The van der Waals surface area contributed by atoms with Crippen LogP contribution in [-0.4, -0.2) is 32.1 Å². The lowest BCUT2D eigenvalue weighted by Gasteiger charge is -2.32. The second kappa shape index (κ2) is 7.00.